The summed E-state index contributed by atoms with van der Waals surface area (Å²) in [5.74, 6) is 0.351. The molecule has 1 aliphatic carbocycles. The summed E-state index contributed by atoms with van der Waals surface area (Å²) in [5.41, 5.74) is 1.62. The fourth-order valence-electron chi connectivity index (χ4n) is 3.26. The Balaban J connectivity index is 2.23. The highest BCUT2D eigenvalue weighted by atomic mass is 35.5. The van der Waals surface area contributed by atoms with E-state index in [1.165, 1.54) is 12.8 Å². The van der Waals surface area contributed by atoms with Crippen LogP contribution in [0.4, 0.5) is 0 Å². The minimum Gasteiger partial charge on any atom is -0.299 e. The topological polar surface area (TPSA) is 34.9 Å². The summed E-state index contributed by atoms with van der Waals surface area (Å²) >= 11 is 6.30. The molecule has 1 fully saturated rings. The van der Waals surface area contributed by atoms with E-state index in [1.54, 1.807) is 0 Å². The number of ketones is 1. The lowest BCUT2D eigenvalue weighted by Crippen LogP contribution is -2.29. The SMILES string of the molecule is CCn1nc(C)c(Cl)c1CC(=O)C1(CC)CCCC1. The van der Waals surface area contributed by atoms with Gasteiger partial charge in [0.15, 0.2) is 0 Å². The predicted octanol–water partition coefficient (Wildman–Crippen LogP) is 3.95. The number of nitrogens with zero attached hydrogens (tertiary/aromatic N) is 2. The number of Topliss-reactive ketones (excluding diaryl/α,β-unsaturated/α-hetero) is 1. The zero-order chi connectivity index (χ0) is 14.0. The molecule has 0 radical (unpaired) electrons. The third-order valence-corrected chi connectivity index (χ3v) is 5.10. The number of carbonyl (C=O) groups is 1. The normalized spacial score (nSPS) is 17.9. The zero-order valence-corrected chi connectivity index (χ0v) is 12.9. The van der Waals surface area contributed by atoms with Gasteiger partial charge in [-0.05, 0) is 33.1 Å². The van der Waals surface area contributed by atoms with Crippen molar-refractivity contribution in [3.05, 3.63) is 16.4 Å². The van der Waals surface area contributed by atoms with Gasteiger partial charge in [0.25, 0.3) is 0 Å². The zero-order valence-electron chi connectivity index (χ0n) is 12.1. The molecule has 0 spiro atoms. The van der Waals surface area contributed by atoms with Crippen molar-refractivity contribution in [3.63, 3.8) is 0 Å². The van der Waals surface area contributed by atoms with E-state index in [0.29, 0.717) is 17.2 Å². The smallest absolute Gasteiger partial charge is 0.144 e. The molecular weight excluding hydrogens is 260 g/mol. The number of hydrogen-bond donors (Lipinski definition) is 0. The molecule has 0 saturated heterocycles. The summed E-state index contributed by atoms with van der Waals surface area (Å²) in [6.45, 7) is 6.82. The average molecular weight is 283 g/mol. The van der Waals surface area contributed by atoms with Crippen LogP contribution < -0.4 is 0 Å². The van der Waals surface area contributed by atoms with E-state index in [0.717, 1.165) is 37.2 Å². The highest BCUT2D eigenvalue weighted by Crippen LogP contribution is 2.42. The molecule has 1 heterocycles. The van der Waals surface area contributed by atoms with Crippen molar-refractivity contribution in [1.82, 2.24) is 9.78 Å². The van der Waals surface area contributed by atoms with Crippen molar-refractivity contribution in [1.29, 1.82) is 0 Å². The fourth-order valence-corrected chi connectivity index (χ4v) is 3.46. The lowest BCUT2D eigenvalue weighted by atomic mass is 9.77. The Morgan fingerprint density at radius 1 is 1.37 bits per heavy atom. The van der Waals surface area contributed by atoms with E-state index in [9.17, 15) is 4.79 Å². The monoisotopic (exact) mass is 282 g/mol. The van der Waals surface area contributed by atoms with Crippen LogP contribution in [0.3, 0.4) is 0 Å². The van der Waals surface area contributed by atoms with E-state index >= 15 is 0 Å². The van der Waals surface area contributed by atoms with Gasteiger partial charge in [-0.15, -0.1) is 0 Å². The van der Waals surface area contributed by atoms with Crippen molar-refractivity contribution >= 4 is 17.4 Å². The van der Waals surface area contributed by atoms with Gasteiger partial charge in [0, 0.05) is 12.0 Å². The summed E-state index contributed by atoms with van der Waals surface area (Å²) in [5, 5.41) is 5.06. The number of carbonyl (C=O) groups excluding carboxylic acids is 1. The van der Waals surface area contributed by atoms with Gasteiger partial charge >= 0.3 is 0 Å². The summed E-state index contributed by atoms with van der Waals surface area (Å²) in [6.07, 6.45) is 5.82. The Labute approximate surface area is 120 Å². The molecule has 0 bridgehead atoms. The molecule has 0 atom stereocenters. The Morgan fingerprint density at radius 2 is 2.00 bits per heavy atom. The highest BCUT2D eigenvalue weighted by Gasteiger charge is 2.39. The maximum absolute atomic E-state index is 12.7. The maximum Gasteiger partial charge on any atom is 0.144 e. The van der Waals surface area contributed by atoms with Crippen LogP contribution in [0, 0.1) is 12.3 Å². The summed E-state index contributed by atoms with van der Waals surface area (Å²) in [4.78, 5) is 12.7. The van der Waals surface area contributed by atoms with Gasteiger partial charge in [0.1, 0.15) is 5.78 Å². The van der Waals surface area contributed by atoms with Crippen LogP contribution in [0.2, 0.25) is 5.02 Å². The van der Waals surface area contributed by atoms with Crippen molar-refractivity contribution in [2.45, 2.75) is 65.8 Å². The molecule has 0 amide bonds. The molecule has 1 aromatic rings. The van der Waals surface area contributed by atoms with Gasteiger partial charge in [0.2, 0.25) is 0 Å². The Bertz CT molecular complexity index is 473. The Morgan fingerprint density at radius 3 is 2.53 bits per heavy atom. The van der Waals surface area contributed by atoms with Crippen LogP contribution in [-0.2, 0) is 17.8 Å². The molecule has 1 aliphatic rings. The third kappa shape index (κ3) is 2.58. The van der Waals surface area contributed by atoms with Gasteiger partial charge in [-0.1, -0.05) is 31.4 Å². The van der Waals surface area contributed by atoms with E-state index < -0.39 is 0 Å². The van der Waals surface area contributed by atoms with Crippen molar-refractivity contribution in [2.24, 2.45) is 5.41 Å². The molecule has 2 rings (SSSR count). The lowest BCUT2D eigenvalue weighted by molar-refractivity contribution is -0.128. The van der Waals surface area contributed by atoms with Crippen LogP contribution in [0.25, 0.3) is 0 Å². The molecule has 0 aromatic carbocycles. The molecule has 0 aliphatic heterocycles. The molecule has 106 valence electrons. The highest BCUT2D eigenvalue weighted by molar-refractivity contribution is 6.32. The molecule has 4 heteroatoms. The molecular formula is C15H23ClN2O. The van der Waals surface area contributed by atoms with Crippen LogP contribution in [-0.4, -0.2) is 15.6 Å². The van der Waals surface area contributed by atoms with Gasteiger partial charge < -0.3 is 0 Å². The van der Waals surface area contributed by atoms with Crippen molar-refractivity contribution in [2.75, 3.05) is 0 Å². The second kappa shape index (κ2) is 5.66. The van der Waals surface area contributed by atoms with Crippen LogP contribution in [0.1, 0.15) is 57.3 Å². The lowest BCUT2D eigenvalue weighted by Gasteiger charge is -2.25. The maximum atomic E-state index is 12.7. The standard InChI is InChI=1S/C15H23ClN2O/c1-4-15(8-6-7-9-15)13(19)10-12-14(16)11(3)17-18(12)5-2/h4-10H2,1-3H3. The fraction of sp³-hybridized carbons (Fsp3) is 0.733. The molecule has 0 unspecified atom stereocenters. The quantitative estimate of drug-likeness (QED) is 0.820. The first kappa shape index (κ1) is 14.6. The average Bonchev–Trinajstić information content (AvgIpc) is 2.99. The first-order valence-electron chi connectivity index (χ1n) is 7.29. The predicted molar refractivity (Wildman–Crippen MR) is 77.6 cm³/mol. The van der Waals surface area contributed by atoms with E-state index in [-0.39, 0.29) is 5.41 Å². The Kier molecular flexibility index (Phi) is 4.34. The molecule has 19 heavy (non-hydrogen) atoms. The first-order valence-corrected chi connectivity index (χ1v) is 7.67. The minimum atomic E-state index is -0.0971. The van der Waals surface area contributed by atoms with E-state index in [2.05, 4.69) is 12.0 Å². The van der Waals surface area contributed by atoms with Gasteiger partial charge in [-0.3, -0.25) is 9.48 Å². The Hall–Kier alpha value is -0.830. The van der Waals surface area contributed by atoms with Crippen LogP contribution in [0.15, 0.2) is 0 Å². The summed E-state index contributed by atoms with van der Waals surface area (Å²) in [6, 6.07) is 0. The second-order valence-electron chi connectivity index (χ2n) is 5.60. The molecule has 3 nitrogen and oxygen atoms in total. The van der Waals surface area contributed by atoms with Crippen LogP contribution >= 0.6 is 11.6 Å². The molecule has 0 N–H and O–H groups in total. The van der Waals surface area contributed by atoms with Gasteiger partial charge in [-0.25, -0.2) is 0 Å². The van der Waals surface area contributed by atoms with Crippen molar-refractivity contribution < 1.29 is 4.79 Å². The van der Waals surface area contributed by atoms with E-state index in [4.69, 9.17) is 11.6 Å². The largest absolute Gasteiger partial charge is 0.299 e. The first-order chi connectivity index (χ1) is 9.04. The number of hydrogen-bond acceptors (Lipinski definition) is 2. The summed E-state index contributed by atoms with van der Waals surface area (Å²) in [7, 11) is 0. The summed E-state index contributed by atoms with van der Waals surface area (Å²) < 4.78 is 1.87. The minimum absolute atomic E-state index is 0.0971. The molecule has 1 saturated carbocycles. The van der Waals surface area contributed by atoms with Crippen LogP contribution in [0.5, 0.6) is 0 Å². The number of rotatable bonds is 5. The van der Waals surface area contributed by atoms with Gasteiger partial charge in [-0.2, -0.15) is 5.10 Å². The van der Waals surface area contributed by atoms with Crippen molar-refractivity contribution in [3.8, 4) is 0 Å². The molecule has 1 aromatic heterocycles. The van der Waals surface area contributed by atoms with E-state index in [1.807, 2.05) is 18.5 Å². The second-order valence-corrected chi connectivity index (χ2v) is 5.98. The number of aromatic nitrogens is 2. The van der Waals surface area contributed by atoms with Gasteiger partial charge in [0.05, 0.1) is 22.8 Å². The third-order valence-electron chi connectivity index (χ3n) is 4.61. The number of halogens is 1. The number of aryl methyl sites for hydroxylation is 2.